The largest absolute Gasteiger partial charge is 0.399 e. The lowest BCUT2D eigenvalue weighted by Crippen LogP contribution is -2.22. The highest BCUT2D eigenvalue weighted by Gasteiger charge is 2.07. The Labute approximate surface area is 106 Å². The number of halogens is 1. The van der Waals surface area contributed by atoms with Gasteiger partial charge in [0.1, 0.15) is 5.82 Å². The molecule has 0 aliphatic rings. The van der Waals surface area contributed by atoms with Crippen molar-refractivity contribution >= 4 is 11.4 Å². The molecule has 0 aliphatic heterocycles. The van der Waals surface area contributed by atoms with E-state index in [9.17, 15) is 4.39 Å². The van der Waals surface area contributed by atoms with Crippen LogP contribution in [-0.2, 0) is 6.54 Å². The van der Waals surface area contributed by atoms with E-state index in [2.05, 4.69) is 4.98 Å². The van der Waals surface area contributed by atoms with Crippen LogP contribution in [-0.4, -0.2) is 11.5 Å². The fourth-order valence-electron chi connectivity index (χ4n) is 1.84. The Morgan fingerprint density at radius 2 is 2.11 bits per heavy atom. The third-order valence-corrected chi connectivity index (χ3v) is 2.75. The Hall–Kier alpha value is -2.10. The molecule has 0 unspecified atom stereocenters. The molecule has 0 fully saturated rings. The highest BCUT2D eigenvalue weighted by Crippen LogP contribution is 2.18. The van der Waals surface area contributed by atoms with Gasteiger partial charge in [-0.3, -0.25) is 4.98 Å². The van der Waals surface area contributed by atoms with Gasteiger partial charge in [0.15, 0.2) is 0 Å². The molecule has 0 amide bonds. The number of hydrogen-bond donors (Lipinski definition) is 1. The summed E-state index contributed by atoms with van der Waals surface area (Å²) in [5.74, 6) is -0.230. The van der Waals surface area contributed by atoms with Crippen molar-refractivity contribution in [1.82, 2.24) is 4.98 Å². The van der Waals surface area contributed by atoms with Crippen LogP contribution in [0.5, 0.6) is 0 Å². The summed E-state index contributed by atoms with van der Waals surface area (Å²) in [5, 5.41) is 0. The predicted octanol–water partition coefficient (Wildman–Crippen LogP) is 2.83. The summed E-state index contributed by atoms with van der Waals surface area (Å²) in [5.41, 5.74) is 8.13. The summed E-state index contributed by atoms with van der Waals surface area (Å²) < 4.78 is 13.2. The molecule has 1 aromatic carbocycles. The molecule has 2 aromatic rings. The maximum Gasteiger partial charge on any atom is 0.125 e. The molecule has 0 saturated heterocycles. The number of nitrogen functional groups attached to an aromatic ring is 1. The molecule has 4 heteroatoms. The van der Waals surface area contributed by atoms with Crippen LogP contribution in [0.25, 0.3) is 0 Å². The molecule has 94 valence electrons. The van der Waals surface area contributed by atoms with Crippen LogP contribution >= 0.6 is 0 Å². The van der Waals surface area contributed by atoms with Gasteiger partial charge in [-0.1, -0.05) is 6.07 Å². The molecule has 2 rings (SSSR count). The summed E-state index contributed by atoms with van der Waals surface area (Å²) in [4.78, 5) is 6.31. The number of nitrogens with zero attached hydrogens (tertiary/aromatic N) is 2. The average Bonchev–Trinajstić information content (AvgIpc) is 2.36. The molecular weight excluding hydrogens is 229 g/mol. The van der Waals surface area contributed by atoms with Gasteiger partial charge in [0, 0.05) is 24.1 Å². The van der Waals surface area contributed by atoms with E-state index in [1.54, 1.807) is 18.3 Å². The van der Waals surface area contributed by atoms with Gasteiger partial charge in [-0.2, -0.15) is 0 Å². The van der Waals surface area contributed by atoms with Crippen molar-refractivity contribution in [3.05, 3.63) is 54.1 Å². The lowest BCUT2D eigenvalue weighted by atomic mass is 10.2. The fourth-order valence-corrected chi connectivity index (χ4v) is 1.84. The molecule has 0 radical (unpaired) electrons. The van der Waals surface area contributed by atoms with E-state index in [1.165, 1.54) is 12.1 Å². The quantitative estimate of drug-likeness (QED) is 0.900. The lowest BCUT2D eigenvalue weighted by Gasteiger charge is -2.22. The highest BCUT2D eigenvalue weighted by atomic mass is 19.1. The number of rotatable bonds is 4. The van der Waals surface area contributed by atoms with Gasteiger partial charge in [0.25, 0.3) is 0 Å². The number of hydrogen-bond acceptors (Lipinski definition) is 3. The van der Waals surface area contributed by atoms with Crippen molar-refractivity contribution < 1.29 is 4.39 Å². The van der Waals surface area contributed by atoms with E-state index >= 15 is 0 Å². The zero-order valence-corrected chi connectivity index (χ0v) is 10.3. The smallest absolute Gasteiger partial charge is 0.125 e. The molecule has 2 N–H and O–H groups in total. The minimum atomic E-state index is -0.230. The van der Waals surface area contributed by atoms with E-state index in [-0.39, 0.29) is 5.82 Å². The summed E-state index contributed by atoms with van der Waals surface area (Å²) in [6.45, 7) is 3.42. The standard InChI is InChI=1S/C14H16FN3/c1-2-18(14-5-3-4-11(15)8-14)10-13-9-12(16)6-7-17-13/h3-9H,2,10H2,1H3,(H2,16,17). The molecule has 0 saturated carbocycles. The molecule has 0 bridgehead atoms. The minimum absolute atomic E-state index is 0.230. The van der Waals surface area contributed by atoms with Gasteiger partial charge >= 0.3 is 0 Å². The van der Waals surface area contributed by atoms with Crippen LogP contribution in [0.2, 0.25) is 0 Å². The maximum atomic E-state index is 13.2. The summed E-state index contributed by atoms with van der Waals surface area (Å²) in [6, 6.07) is 10.1. The van der Waals surface area contributed by atoms with Gasteiger partial charge in [-0.15, -0.1) is 0 Å². The molecular formula is C14H16FN3. The topological polar surface area (TPSA) is 42.1 Å². The van der Waals surface area contributed by atoms with Crippen LogP contribution in [0.4, 0.5) is 15.8 Å². The van der Waals surface area contributed by atoms with Gasteiger partial charge in [-0.25, -0.2) is 4.39 Å². The first-order valence-electron chi connectivity index (χ1n) is 5.90. The zero-order valence-electron chi connectivity index (χ0n) is 10.3. The lowest BCUT2D eigenvalue weighted by molar-refractivity contribution is 0.626. The number of aromatic nitrogens is 1. The molecule has 0 atom stereocenters. The van der Waals surface area contributed by atoms with E-state index in [4.69, 9.17) is 5.73 Å². The normalized spacial score (nSPS) is 10.3. The van der Waals surface area contributed by atoms with Crippen molar-refractivity contribution in [2.75, 3.05) is 17.2 Å². The van der Waals surface area contributed by atoms with Crippen LogP contribution in [0.3, 0.4) is 0 Å². The first kappa shape index (κ1) is 12.4. The zero-order chi connectivity index (χ0) is 13.0. The average molecular weight is 245 g/mol. The van der Waals surface area contributed by atoms with Crippen LogP contribution in [0, 0.1) is 5.82 Å². The van der Waals surface area contributed by atoms with Gasteiger partial charge in [0.2, 0.25) is 0 Å². The van der Waals surface area contributed by atoms with Crippen LogP contribution in [0.15, 0.2) is 42.6 Å². The van der Waals surface area contributed by atoms with Gasteiger partial charge in [-0.05, 0) is 37.3 Å². The second-order valence-corrected chi connectivity index (χ2v) is 4.07. The molecule has 0 aliphatic carbocycles. The van der Waals surface area contributed by atoms with Gasteiger partial charge < -0.3 is 10.6 Å². The molecule has 18 heavy (non-hydrogen) atoms. The van der Waals surface area contributed by atoms with Gasteiger partial charge in [0.05, 0.1) is 12.2 Å². The van der Waals surface area contributed by atoms with Crippen LogP contribution < -0.4 is 10.6 Å². The minimum Gasteiger partial charge on any atom is -0.399 e. The van der Waals surface area contributed by atoms with Crippen molar-refractivity contribution in [1.29, 1.82) is 0 Å². The molecule has 3 nitrogen and oxygen atoms in total. The Kier molecular flexibility index (Phi) is 3.77. The van der Waals surface area contributed by atoms with Crippen molar-refractivity contribution in [3.63, 3.8) is 0 Å². The summed E-state index contributed by atoms with van der Waals surface area (Å²) in [7, 11) is 0. The SMILES string of the molecule is CCN(Cc1cc(N)ccn1)c1cccc(F)c1. The Bertz CT molecular complexity index is 528. The Balaban J connectivity index is 2.19. The van der Waals surface area contributed by atoms with E-state index in [1.807, 2.05) is 24.0 Å². The number of anilines is 2. The molecule has 1 heterocycles. The first-order valence-corrected chi connectivity index (χ1v) is 5.90. The Morgan fingerprint density at radius 3 is 2.78 bits per heavy atom. The molecule has 1 aromatic heterocycles. The highest BCUT2D eigenvalue weighted by molar-refractivity contribution is 5.47. The summed E-state index contributed by atoms with van der Waals surface area (Å²) >= 11 is 0. The number of benzene rings is 1. The second kappa shape index (κ2) is 5.49. The van der Waals surface area contributed by atoms with E-state index in [0.717, 1.165) is 17.9 Å². The first-order chi connectivity index (χ1) is 8.69. The van der Waals surface area contributed by atoms with Crippen molar-refractivity contribution in [2.24, 2.45) is 0 Å². The van der Waals surface area contributed by atoms with E-state index in [0.29, 0.717) is 12.2 Å². The summed E-state index contributed by atoms with van der Waals surface area (Å²) in [6.07, 6.45) is 1.68. The Morgan fingerprint density at radius 1 is 1.28 bits per heavy atom. The maximum absolute atomic E-state index is 13.2. The monoisotopic (exact) mass is 245 g/mol. The molecule has 0 spiro atoms. The third kappa shape index (κ3) is 2.97. The second-order valence-electron chi connectivity index (χ2n) is 4.07. The van der Waals surface area contributed by atoms with E-state index < -0.39 is 0 Å². The fraction of sp³-hybridized carbons (Fsp3) is 0.214. The number of nitrogens with two attached hydrogens (primary N) is 1. The predicted molar refractivity (Wildman–Crippen MR) is 71.8 cm³/mol. The van der Waals surface area contributed by atoms with Crippen molar-refractivity contribution in [3.8, 4) is 0 Å². The third-order valence-electron chi connectivity index (χ3n) is 2.75. The van der Waals surface area contributed by atoms with Crippen LogP contribution in [0.1, 0.15) is 12.6 Å². The van der Waals surface area contributed by atoms with Crippen molar-refractivity contribution in [2.45, 2.75) is 13.5 Å². The number of pyridine rings is 1.